The van der Waals surface area contributed by atoms with Gasteiger partial charge in [0.05, 0.1) is 22.4 Å². The van der Waals surface area contributed by atoms with Gasteiger partial charge in [-0.1, -0.05) is 152 Å². The minimum Gasteiger partial charge on any atom is -0.292 e. The molecule has 248 valence electrons. The van der Waals surface area contributed by atoms with Crippen molar-refractivity contribution < 1.29 is 0 Å². The summed E-state index contributed by atoms with van der Waals surface area (Å²) in [6, 6.07) is 61.1. The first-order chi connectivity index (χ1) is 26.3. The van der Waals surface area contributed by atoms with Crippen molar-refractivity contribution in [2.75, 3.05) is 0 Å². The lowest BCUT2D eigenvalue weighted by molar-refractivity contribution is 1.11. The van der Waals surface area contributed by atoms with Crippen LogP contribution in [0.25, 0.3) is 94.7 Å². The van der Waals surface area contributed by atoms with Crippen LogP contribution in [0.5, 0.6) is 0 Å². The Bertz CT molecular complexity index is 2840. The zero-order valence-corrected chi connectivity index (χ0v) is 28.6. The molecule has 0 amide bonds. The molecular weight excluding hydrogens is 647 g/mol. The maximum Gasteiger partial charge on any atom is 0.160 e. The third-order valence-electron chi connectivity index (χ3n) is 9.93. The van der Waals surface area contributed by atoms with Crippen LogP contribution in [0.3, 0.4) is 0 Å². The molecule has 5 nitrogen and oxygen atoms in total. The molecule has 0 aliphatic heterocycles. The van der Waals surface area contributed by atoms with E-state index in [4.69, 9.17) is 15.0 Å². The highest BCUT2D eigenvalue weighted by Gasteiger charge is 2.20. The fourth-order valence-electron chi connectivity index (χ4n) is 7.34. The highest BCUT2D eigenvalue weighted by atomic mass is 15.1. The summed E-state index contributed by atoms with van der Waals surface area (Å²) in [5, 5.41) is 4.54. The van der Waals surface area contributed by atoms with Crippen molar-refractivity contribution in [3.8, 4) is 62.1 Å². The number of pyridine rings is 1. The Hall–Kier alpha value is -7.24. The topological polar surface area (TPSA) is 56.5 Å². The van der Waals surface area contributed by atoms with Crippen LogP contribution >= 0.6 is 0 Å². The quantitative estimate of drug-likeness (QED) is 0.164. The molecule has 10 rings (SSSR count). The molecule has 5 heteroatoms. The van der Waals surface area contributed by atoms with E-state index >= 15 is 0 Å². The van der Waals surface area contributed by atoms with E-state index in [0.717, 1.165) is 83.5 Å². The average molecular weight is 678 g/mol. The summed E-state index contributed by atoms with van der Waals surface area (Å²) in [5.41, 5.74) is 11.2. The van der Waals surface area contributed by atoms with E-state index in [0.29, 0.717) is 5.82 Å². The van der Waals surface area contributed by atoms with E-state index in [9.17, 15) is 0 Å². The fourth-order valence-corrected chi connectivity index (χ4v) is 7.34. The Morgan fingerprint density at radius 2 is 0.887 bits per heavy atom. The van der Waals surface area contributed by atoms with Crippen molar-refractivity contribution in [2.45, 2.75) is 0 Å². The van der Waals surface area contributed by atoms with Gasteiger partial charge in [0.15, 0.2) is 5.82 Å². The molecule has 0 radical (unpaired) electrons. The van der Waals surface area contributed by atoms with Gasteiger partial charge in [-0.05, 0) is 46.2 Å². The highest BCUT2D eigenvalue weighted by Crippen LogP contribution is 2.39. The van der Waals surface area contributed by atoms with E-state index < -0.39 is 0 Å². The molecule has 53 heavy (non-hydrogen) atoms. The molecule has 0 saturated carbocycles. The lowest BCUT2D eigenvalue weighted by atomic mass is 10.0. The van der Waals surface area contributed by atoms with E-state index in [-0.39, 0.29) is 0 Å². The summed E-state index contributed by atoms with van der Waals surface area (Å²) in [4.78, 5) is 19.8. The maximum absolute atomic E-state index is 5.32. The number of hydrogen-bond donors (Lipinski definition) is 0. The van der Waals surface area contributed by atoms with Gasteiger partial charge in [-0.2, -0.15) is 0 Å². The summed E-state index contributed by atoms with van der Waals surface area (Å²) >= 11 is 0. The number of hydrogen-bond acceptors (Lipinski definition) is 4. The number of rotatable bonds is 6. The van der Waals surface area contributed by atoms with Gasteiger partial charge >= 0.3 is 0 Å². The predicted molar refractivity (Wildman–Crippen MR) is 217 cm³/mol. The van der Waals surface area contributed by atoms with Gasteiger partial charge in [-0.3, -0.25) is 9.55 Å². The van der Waals surface area contributed by atoms with Crippen molar-refractivity contribution in [1.82, 2.24) is 24.5 Å². The predicted octanol–water partition coefficient (Wildman–Crippen LogP) is 11.9. The van der Waals surface area contributed by atoms with Gasteiger partial charge in [0, 0.05) is 51.1 Å². The Balaban J connectivity index is 1.06. The molecule has 0 fully saturated rings. The average Bonchev–Trinajstić information content (AvgIpc) is 3.66. The van der Waals surface area contributed by atoms with Gasteiger partial charge in [0.1, 0.15) is 5.82 Å². The van der Waals surface area contributed by atoms with Crippen LogP contribution in [0, 0.1) is 0 Å². The van der Waals surface area contributed by atoms with Crippen LogP contribution in [-0.4, -0.2) is 24.5 Å². The molecular formula is C48H31N5. The van der Waals surface area contributed by atoms with Crippen molar-refractivity contribution in [3.63, 3.8) is 0 Å². The summed E-state index contributed by atoms with van der Waals surface area (Å²) in [6.45, 7) is 0. The second kappa shape index (κ2) is 12.8. The third-order valence-corrected chi connectivity index (χ3v) is 9.93. The van der Waals surface area contributed by atoms with E-state index in [1.54, 1.807) is 0 Å². The second-order valence-electron chi connectivity index (χ2n) is 13.1. The largest absolute Gasteiger partial charge is 0.292 e. The van der Waals surface area contributed by atoms with Crippen molar-refractivity contribution in [3.05, 3.63) is 188 Å². The Morgan fingerprint density at radius 3 is 1.55 bits per heavy atom. The molecule has 0 aliphatic rings. The minimum absolute atomic E-state index is 0.709. The molecule has 0 saturated heterocycles. The highest BCUT2D eigenvalue weighted by molar-refractivity contribution is 6.24. The Labute approximate surface area is 306 Å². The van der Waals surface area contributed by atoms with Crippen LogP contribution in [0.4, 0.5) is 0 Å². The number of aromatic nitrogens is 5. The van der Waals surface area contributed by atoms with Crippen LogP contribution < -0.4 is 0 Å². The number of benzene rings is 7. The van der Waals surface area contributed by atoms with Crippen LogP contribution in [0.2, 0.25) is 0 Å². The first-order valence-electron chi connectivity index (χ1n) is 17.7. The molecule has 0 atom stereocenters. The molecule has 7 aromatic carbocycles. The van der Waals surface area contributed by atoms with E-state index in [1.165, 1.54) is 5.39 Å². The molecule has 3 aromatic heterocycles. The maximum atomic E-state index is 5.32. The molecule has 0 spiro atoms. The van der Waals surface area contributed by atoms with Gasteiger partial charge in [0.25, 0.3) is 0 Å². The van der Waals surface area contributed by atoms with Crippen molar-refractivity contribution in [2.24, 2.45) is 0 Å². The lowest BCUT2D eigenvalue weighted by Gasteiger charge is -2.13. The van der Waals surface area contributed by atoms with Gasteiger partial charge in [0.2, 0.25) is 0 Å². The number of nitrogens with zero attached hydrogens (tertiary/aromatic N) is 5. The Kier molecular flexibility index (Phi) is 7.40. The Morgan fingerprint density at radius 1 is 0.377 bits per heavy atom. The lowest BCUT2D eigenvalue weighted by Crippen LogP contribution is -1.98. The first kappa shape index (κ1) is 30.6. The molecule has 0 unspecified atom stereocenters. The summed E-state index contributed by atoms with van der Waals surface area (Å²) in [6.07, 6.45) is 3.80. The summed E-state index contributed by atoms with van der Waals surface area (Å²) in [7, 11) is 0. The van der Waals surface area contributed by atoms with Crippen LogP contribution in [0.15, 0.2) is 188 Å². The molecule has 10 aromatic rings. The minimum atomic E-state index is 0.709. The number of fused-ring (bicyclic) bond motifs is 6. The third kappa shape index (κ3) is 5.43. The summed E-state index contributed by atoms with van der Waals surface area (Å²) in [5.74, 6) is 1.61. The normalized spacial score (nSPS) is 11.4. The van der Waals surface area contributed by atoms with E-state index in [1.807, 2.05) is 54.9 Å². The molecule has 0 N–H and O–H groups in total. The molecule has 0 bridgehead atoms. The monoisotopic (exact) mass is 677 g/mol. The zero-order valence-electron chi connectivity index (χ0n) is 28.6. The van der Waals surface area contributed by atoms with Crippen molar-refractivity contribution in [1.29, 1.82) is 0 Å². The van der Waals surface area contributed by atoms with Crippen LogP contribution in [-0.2, 0) is 0 Å². The number of imidazole rings is 1. The van der Waals surface area contributed by atoms with E-state index in [2.05, 4.69) is 143 Å². The first-order valence-corrected chi connectivity index (χ1v) is 17.7. The molecule has 0 aliphatic carbocycles. The zero-order chi connectivity index (χ0) is 35.1. The van der Waals surface area contributed by atoms with Gasteiger partial charge in [-0.25, -0.2) is 15.0 Å². The van der Waals surface area contributed by atoms with Gasteiger partial charge < -0.3 is 0 Å². The van der Waals surface area contributed by atoms with Crippen LogP contribution in [0.1, 0.15) is 0 Å². The van der Waals surface area contributed by atoms with Crippen molar-refractivity contribution >= 4 is 32.6 Å². The van der Waals surface area contributed by atoms with Gasteiger partial charge in [-0.15, -0.1) is 0 Å². The smallest absolute Gasteiger partial charge is 0.160 e. The summed E-state index contributed by atoms with van der Waals surface area (Å²) < 4.78 is 2.30. The second-order valence-corrected chi connectivity index (χ2v) is 13.1. The standard InChI is InChI=1S/C48H31N5/c1-4-12-34(13-5-1)43-30-44(51-47(50-43)36-14-6-2-7-15-36)35-22-20-32(21-23-35)33-24-26-38(27-25-33)53-46-41-19-11-10-18-39(41)40-28-29-49-31-42(40)45(46)52-48(53)37-16-8-3-9-17-37/h1-31H. The fraction of sp³-hybridized carbons (Fsp3) is 0. The molecule has 3 heterocycles. The SMILES string of the molecule is c1ccc(-c2cc(-c3ccc(-c4ccc(-n5c(-c6ccccc6)nc6c7cnccc7c7ccccc7c65)cc4)cc3)nc(-c3ccccc3)n2)cc1.